The summed E-state index contributed by atoms with van der Waals surface area (Å²) in [7, 11) is 1.62. The minimum absolute atomic E-state index is 0.0248. The second kappa shape index (κ2) is 8.32. The summed E-state index contributed by atoms with van der Waals surface area (Å²) in [5, 5.41) is 0. The molecule has 1 amide bonds. The molecule has 0 heterocycles. The van der Waals surface area contributed by atoms with Gasteiger partial charge in [0.1, 0.15) is 6.54 Å². The summed E-state index contributed by atoms with van der Waals surface area (Å²) in [5.74, 6) is -0.566. The molecule has 0 bridgehead atoms. The molecule has 0 aromatic heterocycles. The molecule has 0 fully saturated rings. The maximum Gasteiger partial charge on any atom is 0.325 e. The number of carbonyl (C=O) groups excluding carboxylic acids is 2. The van der Waals surface area contributed by atoms with Crippen molar-refractivity contribution in [2.24, 2.45) is 0 Å². The standard InChI is InChI=1S/C15H21NO4/c1-4-16(10-14(17)20-5-2)15(18)13-8-6-12(7-9-13)11-19-3/h6-9H,4-5,10-11H2,1-3H3. The zero-order chi connectivity index (χ0) is 15.0. The fourth-order valence-corrected chi connectivity index (χ4v) is 1.78. The first-order valence-corrected chi connectivity index (χ1v) is 6.65. The Hall–Kier alpha value is -1.88. The zero-order valence-electron chi connectivity index (χ0n) is 12.2. The Labute approximate surface area is 119 Å². The van der Waals surface area contributed by atoms with Crippen LogP contribution in [0.5, 0.6) is 0 Å². The summed E-state index contributed by atoms with van der Waals surface area (Å²) < 4.78 is 9.88. The summed E-state index contributed by atoms with van der Waals surface area (Å²) in [5.41, 5.74) is 1.55. The highest BCUT2D eigenvalue weighted by atomic mass is 16.5. The van der Waals surface area contributed by atoms with Crippen LogP contribution in [-0.4, -0.2) is 43.6 Å². The summed E-state index contributed by atoms with van der Waals surface area (Å²) in [4.78, 5) is 25.2. The van der Waals surface area contributed by atoms with E-state index in [2.05, 4.69) is 0 Å². The summed E-state index contributed by atoms with van der Waals surface area (Å²) in [6, 6.07) is 7.17. The van der Waals surface area contributed by atoms with Crippen LogP contribution >= 0.6 is 0 Å². The Morgan fingerprint density at radius 3 is 2.30 bits per heavy atom. The molecule has 0 aliphatic rings. The molecule has 20 heavy (non-hydrogen) atoms. The highest BCUT2D eigenvalue weighted by Gasteiger charge is 2.17. The number of hydrogen-bond acceptors (Lipinski definition) is 4. The van der Waals surface area contributed by atoms with Crippen molar-refractivity contribution < 1.29 is 19.1 Å². The number of methoxy groups -OCH3 is 1. The first-order valence-electron chi connectivity index (χ1n) is 6.65. The highest BCUT2D eigenvalue weighted by Crippen LogP contribution is 2.09. The molecule has 1 rings (SSSR count). The number of benzene rings is 1. The van der Waals surface area contributed by atoms with Crippen LogP contribution in [0.1, 0.15) is 29.8 Å². The second-order valence-electron chi connectivity index (χ2n) is 4.25. The van der Waals surface area contributed by atoms with E-state index in [0.717, 1.165) is 5.56 Å². The quantitative estimate of drug-likeness (QED) is 0.715. The largest absolute Gasteiger partial charge is 0.465 e. The zero-order valence-corrected chi connectivity index (χ0v) is 12.2. The normalized spacial score (nSPS) is 10.2. The van der Waals surface area contributed by atoms with Crippen LogP contribution in [0, 0.1) is 0 Å². The van der Waals surface area contributed by atoms with Crippen molar-refractivity contribution in [1.82, 2.24) is 4.90 Å². The van der Waals surface area contributed by atoms with Crippen molar-refractivity contribution in [3.05, 3.63) is 35.4 Å². The fourth-order valence-electron chi connectivity index (χ4n) is 1.78. The topological polar surface area (TPSA) is 55.8 Å². The van der Waals surface area contributed by atoms with Crippen LogP contribution in [0.4, 0.5) is 0 Å². The van der Waals surface area contributed by atoms with E-state index in [9.17, 15) is 9.59 Å². The van der Waals surface area contributed by atoms with E-state index in [1.165, 1.54) is 4.90 Å². The molecule has 0 spiro atoms. The van der Waals surface area contributed by atoms with Gasteiger partial charge in [0.2, 0.25) is 0 Å². The molecule has 110 valence electrons. The SMILES string of the molecule is CCOC(=O)CN(CC)C(=O)c1ccc(COC)cc1. The second-order valence-corrected chi connectivity index (χ2v) is 4.25. The van der Waals surface area contributed by atoms with E-state index in [4.69, 9.17) is 9.47 Å². The van der Waals surface area contributed by atoms with E-state index in [1.807, 2.05) is 19.1 Å². The van der Waals surface area contributed by atoms with Crippen molar-refractivity contribution in [1.29, 1.82) is 0 Å². The number of esters is 1. The van der Waals surface area contributed by atoms with E-state index in [-0.39, 0.29) is 12.5 Å². The van der Waals surface area contributed by atoms with Crippen LogP contribution in [-0.2, 0) is 20.9 Å². The molecule has 0 aliphatic carbocycles. The van der Waals surface area contributed by atoms with Crippen molar-refractivity contribution in [2.75, 3.05) is 26.8 Å². The van der Waals surface area contributed by atoms with Gasteiger partial charge in [-0.25, -0.2) is 0 Å². The van der Waals surface area contributed by atoms with E-state index >= 15 is 0 Å². The molecule has 1 aromatic carbocycles. The van der Waals surface area contributed by atoms with Gasteiger partial charge in [-0.3, -0.25) is 9.59 Å². The number of carbonyl (C=O) groups is 2. The number of amides is 1. The third-order valence-electron chi connectivity index (χ3n) is 2.81. The number of rotatable bonds is 7. The van der Waals surface area contributed by atoms with Gasteiger partial charge in [0.05, 0.1) is 13.2 Å². The highest BCUT2D eigenvalue weighted by molar-refractivity contribution is 5.96. The molecule has 0 aliphatic heterocycles. The van der Waals surface area contributed by atoms with E-state index in [1.54, 1.807) is 26.2 Å². The molecule has 5 nitrogen and oxygen atoms in total. The molecule has 0 saturated carbocycles. The van der Waals surface area contributed by atoms with Gasteiger partial charge in [-0.2, -0.15) is 0 Å². The van der Waals surface area contributed by atoms with Crippen LogP contribution in [0.15, 0.2) is 24.3 Å². The Morgan fingerprint density at radius 1 is 1.15 bits per heavy atom. The first-order chi connectivity index (χ1) is 9.62. The Morgan fingerprint density at radius 2 is 1.80 bits per heavy atom. The van der Waals surface area contributed by atoms with E-state index < -0.39 is 5.97 Å². The van der Waals surface area contributed by atoms with Gasteiger partial charge in [0, 0.05) is 19.2 Å². The van der Waals surface area contributed by atoms with Crippen LogP contribution < -0.4 is 0 Å². The van der Waals surface area contributed by atoms with Crippen LogP contribution in [0.2, 0.25) is 0 Å². The fraction of sp³-hybridized carbons (Fsp3) is 0.467. The summed E-state index contributed by atoms with van der Waals surface area (Å²) in [6.07, 6.45) is 0. The average molecular weight is 279 g/mol. The minimum atomic E-state index is -0.390. The predicted octanol–water partition coefficient (Wildman–Crippen LogP) is 1.86. The van der Waals surface area contributed by atoms with Gasteiger partial charge < -0.3 is 14.4 Å². The lowest BCUT2D eigenvalue weighted by Gasteiger charge is -2.19. The molecule has 1 aromatic rings. The first kappa shape index (κ1) is 16.2. The van der Waals surface area contributed by atoms with Crippen LogP contribution in [0.3, 0.4) is 0 Å². The molecule has 0 radical (unpaired) electrons. The Bertz CT molecular complexity index is 442. The lowest BCUT2D eigenvalue weighted by atomic mass is 10.1. The van der Waals surface area contributed by atoms with Gasteiger partial charge in [-0.1, -0.05) is 12.1 Å². The lowest BCUT2D eigenvalue weighted by Crippen LogP contribution is -2.36. The lowest BCUT2D eigenvalue weighted by molar-refractivity contribution is -0.143. The van der Waals surface area contributed by atoms with Crippen molar-refractivity contribution >= 4 is 11.9 Å². The third-order valence-corrected chi connectivity index (χ3v) is 2.81. The van der Waals surface area contributed by atoms with Gasteiger partial charge in [0.25, 0.3) is 5.91 Å². The Balaban J connectivity index is 2.72. The van der Waals surface area contributed by atoms with Gasteiger partial charge in [-0.15, -0.1) is 0 Å². The molecule has 5 heteroatoms. The monoisotopic (exact) mass is 279 g/mol. The maximum absolute atomic E-state index is 12.3. The maximum atomic E-state index is 12.3. The number of hydrogen-bond donors (Lipinski definition) is 0. The van der Waals surface area contributed by atoms with Gasteiger partial charge in [0.15, 0.2) is 0 Å². The molecule has 0 atom stereocenters. The van der Waals surface area contributed by atoms with Crippen molar-refractivity contribution in [3.8, 4) is 0 Å². The molecule has 0 N–H and O–H groups in total. The number of likely N-dealkylation sites (N-methyl/N-ethyl adjacent to an activating group) is 1. The summed E-state index contributed by atoms with van der Waals surface area (Å²) in [6.45, 7) is 4.83. The van der Waals surface area contributed by atoms with Crippen molar-refractivity contribution in [3.63, 3.8) is 0 Å². The third kappa shape index (κ3) is 4.66. The van der Waals surface area contributed by atoms with E-state index in [0.29, 0.717) is 25.3 Å². The summed E-state index contributed by atoms with van der Waals surface area (Å²) >= 11 is 0. The van der Waals surface area contributed by atoms with Gasteiger partial charge >= 0.3 is 5.97 Å². The molecule has 0 saturated heterocycles. The van der Waals surface area contributed by atoms with Crippen molar-refractivity contribution in [2.45, 2.75) is 20.5 Å². The number of ether oxygens (including phenoxy) is 2. The smallest absolute Gasteiger partial charge is 0.325 e. The Kier molecular flexibility index (Phi) is 6.73. The van der Waals surface area contributed by atoms with Gasteiger partial charge in [-0.05, 0) is 31.5 Å². The molecular weight excluding hydrogens is 258 g/mol. The molecular formula is C15H21NO4. The predicted molar refractivity (Wildman–Crippen MR) is 75.4 cm³/mol. The van der Waals surface area contributed by atoms with Crippen LogP contribution in [0.25, 0.3) is 0 Å². The minimum Gasteiger partial charge on any atom is -0.465 e. The molecule has 0 unspecified atom stereocenters. The average Bonchev–Trinajstić information content (AvgIpc) is 2.45. The number of nitrogens with zero attached hydrogens (tertiary/aromatic N) is 1.